The van der Waals surface area contributed by atoms with Crippen LogP contribution in [0.4, 0.5) is 5.69 Å². The minimum atomic E-state index is -0.476. The van der Waals surface area contributed by atoms with Gasteiger partial charge in [-0.05, 0) is 36.8 Å². The standard InChI is InChI=1S/C16H17N3O2/c1-11-16(20)19(14-4-2-3-5-15(14)21-11)10-12-6-7-18-13(8-12)9-17/h2-8,11H,9-10,17H2,1H3. The number of amides is 1. The van der Waals surface area contributed by atoms with E-state index in [-0.39, 0.29) is 5.91 Å². The van der Waals surface area contributed by atoms with Crippen LogP contribution in [-0.4, -0.2) is 17.0 Å². The monoisotopic (exact) mass is 283 g/mol. The van der Waals surface area contributed by atoms with Gasteiger partial charge in [-0.25, -0.2) is 0 Å². The van der Waals surface area contributed by atoms with E-state index >= 15 is 0 Å². The maximum absolute atomic E-state index is 12.4. The lowest BCUT2D eigenvalue weighted by molar-refractivity contribution is -0.125. The summed E-state index contributed by atoms with van der Waals surface area (Å²) in [4.78, 5) is 18.3. The number of nitrogens with two attached hydrogens (primary N) is 1. The molecule has 0 bridgehead atoms. The van der Waals surface area contributed by atoms with Crippen molar-refractivity contribution in [2.75, 3.05) is 4.90 Å². The summed E-state index contributed by atoms with van der Waals surface area (Å²) in [7, 11) is 0. The molecule has 0 saturated carbocycles. The number of anilines is 1. The largest absolute Gasteiger partial charge is 0.479 e. The highest BCUT2D eigenvalue weighted by atomic mass is 16.5. The van der Waals surface area contributed by atoms with Crippen molar-refractivity contribution in [1.29, 1.82) is 0 Å². The van der Waals surface area contributed by atoms with Crippen molar-refractivity contribution in [2.24, 2.45) is 5.73 Å². The van der Waals surface area contributed by atoms with Crippen LogP contribution in [0.2, 0.25) is 0 Å². The molecule has 2 heterocycles. The molecule has 3 rings (SSSR count). The maximum atomic E-state index is 12.4. The highest BCUT2D eigenvalue weighted by molar-refractivity contribution is 5.99. The molecule has 0 saturated heterocycles. The van der Waals surface area contributed by atoms with Gasteiger partial charge in [-0.2, -0.15) is 0 Å². The van der Waals surface area contributed by atoms with Crippen molar-refractivity contribution in [3.05, 3.63) is 53.9 Å². The van der Waals surface area contributed by atoms with Crippen molar-refractivity contribution in [2.45, 2.75) is 26.1 Å². The Kier molecular flexibility index (Phi) is 3.58. The fraction of sp³-hybridized carbons (Fsp3) is 0.250. The first kappa shape index (κ1) is 13.6. The molecular weight excluding hydrogens is 266 g/mol. The Labute approximate surface area is 123 Å². The van der Waals surface area contributed by atoms with E-state index in [2.05, 4.69) is 4.98 Å². The number of nitrogens with zero attached hydrogens (tertiary/aromatic N) is 2. The minimum absolute atomic E-state index is 0.0418. The van der Waals surface area contributed by atoms with Gasteiger partial charge >= 0.3 is 0 Å². The smallest absolute Gasteiger partial charge is 0.268 e. The Balaban J connectivity index is 1.94. The topological polar surface area (TPSA) is 68.4 Å². The van der Waals surface area contributed by atoms with E-state index in [1.54, 1.807) is 18.0 Å². The van der Waals surface area contributed by atoms with Gasteiger partial charge in [0.25, 0.3) is 5.91 Å². The first-order valence-electron chi connectivity index (χ1n) is 6.90. The Hall–Kier alpha value is -2.40. The summed E-state index contributed by atoms with van der Waals surface area (Å²) in [5.41, 5.74) is 8.23. The molecule has 2 aromatic rings. The van der Waals surface area contributed by atoms with Crippen molar-refractivity contribution < 1.29 is 9.53 Å². The molecule has 5 nitrogen and oxygen atoms in total. The zero-order chi connectivity index (χ0) is 14.8. The molecule has 0 radical (unpaired) electrons. The summed E-state index contributed by atoms with van der Waals surface area (Å²) in [6, 6.07) is 11.4. The number of fused-ring (bicyclic) bond motifs is 1. The predicted molar refractivity (Wildman–Crippen MR) is 79.9 cm³/mol. The fourth-order valence-electron chi connectivity index (χ4n) is 2.44. The third-order valence-corrected chi connectivity index (χ3v) is 3.50. The van der Waals surface area contributed by atoms with Gasteiger partial charge in [0, 0.05) is 12.7 Å². The number of benzene rings is 1. The van der Waals surface area contributed by atoms with Crippen LogP contribution in [0.1, 0.15) is 18.2 Å². The molecule has 108 valence electrons. The second kappa shape index (κ2) is 5.54. The Bertz CT molecular complexity index is 672. The Morgan fingerprint density at radius 2 is 2.14 bits per heavy atom. The van der Waals surface area contributed by atoms with Gasteiger partial charge in [-0.15, -0.1) is 0 Å². The zero-order valence-electron chi connectivity index (χ0n) is 11.8. The van der Waals surface area contributed by atoms with Gasteiger partial charge in [-0.3, -0.25) is 9.78 Å². The highest BCUT2D eigenvalue weighted by Gasteiger charge is 2.31. The van der Waals surface area contributed by atoms with E-state index in [0.29, 0.717) is 13.1 Å². The summed E-state index contributed by atoms with van der Waals surface area (Å²) >= 11 is 0. The van der Waals surface area contributed by atoms with E-state index in [0.717, 1.165) is 22.7 Å². The summed E-state index contributed by atoms with van der Waals surface area (Å²) in [5, 5.41) is 0. The molecular formula is C16H17N3O2. The van der Waals surface area contributed by atoms with Crippen LogP contribution in [0.3, 0.4) is 0 Å². The minimum Gasteiger partial charge on any atom is -0.479 e. The second-order valence-electron chi connectivity index (χ2n) is 5.01. The maximum Gasteiger partial charge on any atom is 0.268 e. The highest BCUT2D eigenvalue weighted by Crippen LogP contribution is 2.34. The lowest BCUT2D eigenvalue weighted by Crippen LogP contribution is -2.43. The molecule has 1 aromatic carbocycles. The SMILES string of the molecule is CC1Oc2ccccc2N(Cc2ccnc(CN)c2)C1=O. The Morgan fingerprint density at radius 3 is 2.95 bits per heavy atom. The normalized spacial score (nSPS) is 17.3. The second-order valence-corrected chi connectivity index (χ2v) is 5.01. The van der Waals surface area contributed by atoms with Crippen LogP contribution < -0.4 is 15.4 Å². The molecule has 21 heavy (non-hydrogen) atoms. The van der Waals surface area contributed by atoms with E-state index in [4.69, 9.17) is 10.5 Å². The average molecular weight is 283 g/mol. The van der Waals surface area contributed by atoms with E-state index < -0.39 is 6.10 Å². The summed E-state index contributed by atoms with van der Waals surface area (Å²) in [6.07, 6.45) is 1.24. The number of carbonyl (C=O) groups excluding carboxylic acids is 1. The number of hydrogen-bond donors (Lipinski definition) is 1. The molecule has 0 spiro atoms. The predicted octanol–water partition coefficient (Wildman–Crippen LogP) is 1.85. The van der Waals surface area contributed by atoms with Crippen LogP contribution in [0, 0.1) is 0 Å². The van der Waals surface area contributed by atoms with E-state index in [1.807, 2.05) is 36.4 Å². The number of carbonyl (C=O) groups is 1. The Morgan fingerprint density at radius 1 is 1.33 bits per heavy atom. The van der Waals surface area contributed by atoms with Crippen LogP contribution in [-0.2, 0) is 17.9 Å². The number of pyridine rings is 1. The number of ether oxygens (including phenoxy) is 1. The number of aromatic nitrogens is 1. The van der Waals surface area contributed by atoms with Gasteiger partial charge in [0.15, 0.2) is 6.10 Å². The van der Waals surface area contributed by atoms with Crippen molar-refractivity contribution in [3.63, 3.8) is 0 Å². The van der Waals surface area contributed by atoms with Crippen molar-refractivity contribution in [1.82, 2.24) is 4.98 Å². The van der Waals surface area contributed by atoms with Crippen LogP contribution in [0.15, 0.2) is 42.6 Å². The average Bonchev–Trinajstić information content (AvgIpc) is 2.52. The molecule has 1 unspecified atom stereocenters. The quantitative estimate of drug-likeness (QED) is 0.933. The van der Waals surface area contributed by atoms with E-state index in [1.165, 1.54) is 0 Å². The van der Waals surface area contributed by atoms with Crippen molar-refractivity contribution in [3.8, 4) is 5.75 Å². The summed E-state index contributed by atoms with van der Waals surface area (Å²) < 4.78 is 5.63. The third kappa shape index (κ3) is 2.60. The van der Waals surface area contributed by atoms with Crippen molar-refractivity contribution >= 4 is 11.6 Å². The first-order chi connectivity index (χ1) is 10.2. The van der Waals surface area contributed by atoms with Gasteiger partial charge in [0.1, 0.15) is 5.75 Å². The molecule has 1 aromatic heterocycles. The number of para-hydroxylation sites is 2. The molecule has 1 atom stereocenters. The first-order valence-corrected chi connectivity index (χ1v) is 6.90. The molecule has 1 amide bonds. The lowest BCUT2D eigenvalue weighted by Gasteiger charge is -2.33. The molecule has 5 heteroatoms. The van der Waals surface area contributed by atoms with Gasteiger partial charge < -0.3 is 15.4 Å². The van der Waals surface area contributed by atoms with Crippen LogP contribution >= 0.6 is 0 Å². The van der Waals surface area contributed by atoms with Crippen LogP contribution in [0.5, 0.6) is 5.75 Å². The van der Waals surface area contributed by atoms with Crippen LogP contribution in [0.25, 0.3) is 0 Å². The van der Waals surface area contributed by atoms with E-state index in [9.17, 15) is 4.79 Å². The zero-order valence-corrected chi connectivity index (χ0v) is 11.8. The molecule has 2 N–H and O–H groups in total. The summed E-state index contributed by atoms with van der Waals surface area (Å²) in [6.45, 7) is 2.64. The molecule has 1 aliphatic heterocycles. The van der Waals surface area contributed by atoms with Gasteiger partial charge in [0.05, 0.1) is 17.9 Å². The molecule has 1 aliphatic rings. The molecule has 0 aliphatic carbocycles. The number of hydrogen-bond acceptors (Lipinski definition) is 4. The third-order valence-electron chi connectivity index (χ3n) is 3.50. The van der Waals surface area contributed by atoms with Gasteiger partial charge in [0.2, 0.25) is 0 Å². The summed E-state index contributed by atoms with van der Waals surface area (Å²) in [5.74, 6) is 0.692. The molecule has 0 fully saturated rings. The fourth-order valence-corrected chi connectivity index (χ4v) is 2.44. The van der Waals surface area contributed by atoms with Gasteiger partial charge in [-0.1, -0.05) is 12.1 Å². The number of rotatable bonds is 3. The lowest BCUT2D eigenvalue weighted by atomic mass is 10.1.